The van der Waals surface area contributed by atoms with E-state index in [0.717, 1.165) is 4.90 Å². The maximum Gasteiger partial charge on any atom is 0.271 e. The largest absolute Gasteiger partial charge is 0.274 e. The number of carbonyl (C=O) groups excluding carboxylic acids is 2. The Morgan fingerprint density at radius 1 is 1.10 bits per heavy atom. The topological polar surface area (TPSA) is 80.5 Å². The first-order chi connectivity index (χ1) is 9.59. The van der Waals surface area contributed by atoms with Crippen molar-refractivity contribution in [2.24, 2.45) is 11.8 Å². The zero-order chi connectivity index (χ0) is 14.3. The lowest BCUT2D eigenvalue weighted by Gasteiger charge is -2.14. The Hall–Kier alpha value is -2.50. The van der Waals surface area contributed by atoms with Gasteiger partial charge in [-0.3, -0.25) is 19.7 Å². The Kier molecular flexibility index (Phi) is 2.85. The van der Waals surface area contributed by atoms with Crippen molar-refractivity contribution in [3.63, 3.8) is 0 Å². The molecule has 20 heavy (non-hydrogen) atoms. The molecule has 1 aliphatic heterocycles. The molecular weight excluding hydrogens is 260 g/mol. The van der Waals surface area contributed by atoms with E-state index in [9.17, 15) is 19.7 Å². The highest BCUT2D eigenvalue weighted by Gasteiger charge is 2.47. The molecule has 6 nitrogen and oxygen atoms in total. The molecule has 2 atom stereocenters. The molecule has 102 valence electrons. The minimum Gasteiger partial charge on any atom is -0.274 e. The number of anilines is 1. The quantitative estimate of drug-likeness (QED) is 0.357. The fraction of sp³-hybridized carbons (Fsp3) is 0.286. The number of hydrogen-bond acceptors (Lipinski definition) is 4. The number of nitro groups is 1. The van der Waals surface area contributed by atoms with Crippen LogP contribution < -0.4 is 4.90 Å². The van der Waals surface area contributed by atoms with E-state index in [4.69, 9.17) is 0 Å². The summed E-state index contributed by atoms with van der Waals surface area (Å²) in [5.74, 6) is -1.17. The number of allylic oxidation sites excluding steroid dienone is 2. The van der Waals surface area contributed by atoms with Crippen LogP contribution in [0.3, 0.4) is 0 Å². The Balaban J connectivity index is 1.98. The van der Waals surface area contributed by atoms with Gasteiger partial charge < -0.3 is 0 Å². The summed E-state index contributed by atoms with van der Waals surface area (Å²) in [6.07, 6.45) is 4.92. The van der Waals surface area contributed by atoms with Gasteiger partial charge in [-0.15, -0.1) is 0 Å². The standard InChI is InChI=1S/C14H12N2O4/c17-13-11-6-1-2-7-12(11)14(18)15(13)9-4-3-5-10(8-9)16(19)20/h1-5,8,11-12H,6-7H2/t11-,12-/m0/s1. The normalized spacial score (nSPS) is 24.9. The predicted octanol–water partition coefficient (Wildman–Crippen LogP) is 2.05. The molecule has 3 rings (SSSR count). The van der Waals surface area contributed by atoms with Gasteiger partial charge in [-0.2, -0.15) is 0 Å². The van der Waals surface area contributed by atoms with Crippen LogP contribution in [0.4, 0.5) is 11.4 Å². The number of nitro benzene ring substituents is 1. The summed E-state index contributed by atoms with van der Waals surface area (Å²) in [5.41, 5.74) is 0.152. The Morgan fingerprint density at radius 2 is 1.70 bits per heavy atom. The molecule has 1 aromatic carbocycles. The highest BCUT2D eigenvalue weighted by Crippen LogP contribution is 2.38. The molecule has 1 heterocycles. The van der Waals surface area contributed by atoms with Crippen molar-refractivity contribution >= 4 is 23.2 Å². The second kappa shape index (κ2) is 4.56. The van der Waals surface area contributed by atoms with E-state index < -0.39 is 4.92 Å². The van der Waals surface area contributed by atoms with Crippen LogP contribution in [0.5, 0.6) is 0 Å². The number of carbonyl (C=O) groups is 2. The van der Waals surface area contributed by atoms with Crippen molar-refractivity contribution in [2.45, 2.75) is 12.8 Å². The highest BCUT2D eigenvalue weighted by molar-refractivity contribution is 6.22. The van der Waals surface area contributed by atoms with Gasteiger partial charge in [0.1, 0.15) is 0 Å². The first-order valence-electron chi connectivity index (χ1n) is 6.37. The van der Waals surface area contributed by atoms with Crippen LogP contribution in [0.2, 0.25) is 0 Å². The number of hydrogen-bond donors (Lipinski definition) is 0. The van der Waals surface area contributed by atoms with Crippen LogP contribution in [0.25, 0.3) is 0 Å². The molecular formula is C14H12N2O4. The second-order valence-corrected chi connectivity index (χ2v) is 4.94. The minimum atomic E-state index is -0.539. The van der Waals surface area contributed by atoms with Gasteiger partial charge in [-0.05, 0) is 18.9 Å². The Bertz CT molecular complexity index is 612. The average molecular weight is 272 g/mol. The summed E-state index contributed by atoms with van der Waals surface area (Å²) in [4.78, 5) is 36.0. The van der Waals surface area contributed by atoms with E-state index in [1.54, 1.807) is 6.07 Å². The summed E-state index contributed by atoms with van der Waals surface area (Å²) in [7, 11) is 0. The van der Waals surface area contributed by atoms with Crippen LogP contribution in [-0.4, -0.2) is 16.7 Å². The van der Waals surface area contributed by atoms with E-state index in [2.05, 4.69) is 0 Å². The smallest absolute Gasteiger partial charge is 0.271 e. The Morgan fingerprint density at radius 3 is 2.25 bits per heavy atom. The molecule has 1 saturated heterocycles. The highest BCUT2D eigenvalue weighted by atomic mass is 16.6. The lowest BCUT2D eigenvalue weighted by atomic mass is 9.85. The molecule has 0 radical (unpaired) electrons. The van der Waals surface area contributed by atoms with Crippen LogP contribution in [0.15, 0.2) is 36.4 Å². The number of non-ortho nitro benzene ring substituents is 1. The minimum absolute atomic E-state index is 0.129. The number of imide groups is 1. The number of benzene rings is 1. The van der Waals surface area contributed by atoms with Crippen LogP contribution in [0.1, 0.15) is 12.8 Å². The number of fused-ring (bicyclic) bond motifs is 1. The lowest BCUT2D eigenvalue weighted by Crippen LogP contribution is -2.30. The summed E-state index contributed by atoms with van der Waals surface area (Å²) in [6.45, 7) is 0. The van der Waals surface area contributed by atoms with Gasteiger partial charge in [-0.25, -0.2) is 4.90 Å². The molecule has 1 aromatic rings. The van der Waals surface area contributed by atoms with E-state index in [-0.39, 0.29) is 35.0 Å². The number of amides is 2. The lowest BCUT2D eigenvalue weighted by molar-refractivity contribution is -0.384. The van der Waals surface area contributed by atoms with Crippen molar-refractivity contribution < 1.29 is 14.5 Å². The molecule has 0 unspecified atom stereocenters. The SMILES string of the molecule is O=C1[C@H]2CC=CC[C@@H]2C(=O)N1c1cccc([N+](=O)[O-])c1. The maximum absolute atomic E-state index is 12.3. The van der Waals surface area contributed by atoms with Gasteiger partial charge in [0.25, 0.3) is 5.69 Å². The van der Waals surface area contributed by atoms with Gasteiger partial charge in [0.15, 0.2) is 0 Å². The van der Waals surface area contributed by atoms with E-state index in [1.807, 2.05) is 12.2 Å². The van der Waals surface area contributed by atoms with Gasteiger partial charge >= 0.3 is 0 Å². The van der Waals surface area contributed by atoms with Crippen molar-refractivity contribution in [3.8, 4) is 0 Å². The van der Waals surface area contributed by atoms with Gasteiger partial charge in [0.2, 0.25) is 11.8 Å². The van der Waals surface area contributed by atoms with Crippen molar-refractivity contribution in [1.29, 1.82) is 0 Å². The molecule has 0 bridgehead atoms. The van der Waals surface area contributed by atoms with Gasteiger partial charge in [0.05, 0.1) is 22.4 Å². The monoisotopic (exact) mass is 272 g/mol. The van der Waals surface area contributed by atoms with Crippen LogP contribution >= 0.6 is 0 Å². The number of nitrogens with zero attached hydrogens (tertiary/aromatic N) is 2. The van der Waals surface area contributed by atoms with Crippen molar-refractivity contribution in [2.75, 3.05) is 4.90 Å². The van der Waals surface area contributed by atoms with Crippen molar-refractivity contribution in [1.82, 2.24) is 0 Å². The van der Waals surface area contributed by atoms with E-state index >= 15 is 0 Å². The zero-order valence-corrected chi connectivity index (χ0v) is 10.6. The molecule has 2 amide bonds. The zero-order valence-electron chi connectivity index (χ0n) is 10.6. The molecule has 0 spiro atoms. The Labute approximate surface area is 114 Å². The third-order valence-corrected chi connectivity index (χ3v) is 3.81. The summed E-state index contributed by atoms with van der Waals surface area (Å²) < 4.78 is 0. The van der Waals surface area contributed by atoms with E-state index in [0.29, 0.717) is 12.8 Å². The van der Waals surface area contributed by atoms with Gasteiger partial charge in [-0.1, -0.05) is 18.2 Å². The maximum atomic E-state index is 12.3. The van der Waals surface area contributed by atoms with Crippen molar-refractivity contribution in [3.05, 3.63) is 46.5 Å². The van der Waals surface area contributed by atoms with E-state index in [1.165, 1.54) is 18.2 Å². The predicted molar refractivity (Wildman–Crippen MR) is 70.9 cm³/mol. The molecule has 1 aliphatic carbocycles. The summed E-state index contributed by atoms with van der Waals surface area (Å²) in [5, 5.41) is 10.8. The van der Waals surface area contributed by atoms with Crippen LogP contribution in [-0.2, 0) is 9.59 Å². The fourth-order valence-electron chi connectivity index (χ4n) is 2.80. The fourth-order valence-corrected chi connectivity index (χ4v) is 2.80. The molecule has 0 aromatic heterocycles. The van der Waals surface area contributed by atoms with Gasteiger partial charge in [0, 0.05) is 12.1 Å². The average Bonchev–Trinajstić information content (AvgIpc) is 2.72. The third kappa shape index (κ3) is 1.80. The first-order valence-corrected chi connectivity index (χ1v) is 6.37. The summed E-state index contributed by atoms with van der Waals surface area (Å²) in [6, 6.07) is 5.63. The molecule has 6 heteroatoms. The van der Waals surface area contributed by atoms with Crippen LogP contribution in [0, 0.1) is 22.0 Å². The summed E-state index contributed by atoms with van der Waals surface area (Å²) >= 11 is 0. The molecule has 2 aliphatic rings. The number of rotatable bonds is 2. The second-order valence-electron chi connectivity index (χ2n) is 4.94. The first kappa shape index (κ1) is 12.5. The molecule has 0 N–H and O–H groups in total. The molecule has 1 fully saturated rings. The molecule has 0 saturated carbocycles. The third-order valence-electron chi connectivity index (χ3n) is 3.81.